The van der Waals surface area contributed by atoms with E-state index in [1.165, 1.54) is 35.7 Å². The Morgan fingerprint density at radius 3 is 2.34 bits per heavy atom. The standard InChI is InChI=1S/C22H29N3O6S/c1-15(2)21(22(27)23-28)24-32(29,30)19-11-10-18(31-4)12-17(19)13-20(26)25(3)14-16-8-6-5-7-9-16/h5-12,15,21,24,28H,13-14H2,1-4H3,(H,23,27)/t21-/m1/s1. The minimum absolute atomic E-state index is 0.142. The van der Waals surface area contributed by atoms with Crippen LogP contribution in [0.15, 0.2) is 53.4 Å². The molecule has 10 heteroatoms. The molecule has 2 amide bonds. The predicted molar refractivity (Wildman–Crippen MR) is 118 cm³/mol. The molecule has 1 atom stereocenters. The molecule has 0 aliphatic rings. The molecule has 2 aromatic rings. The van der Waals surface area contributed by atoms with Crippen molar-refractivity contribution in [2.24, 2.45) is 5.92 Å². The lowest BCUT2D eigenvalue weighted by atomic mass is 10.1. The number of ether oxygens (including phenoxy) is 1. The van der Waals surface area contributed by atoms with Crippen LogP contribution in [0, 0.1) is 5.92 Å². The summed E-state index contributed by atoms with van der Waals surface area (Å²) in [6.07, 6.45) is -0.185. The molecule has 2 rings (SSSR count). The number of amides is 2. The van der Waals surface area contributed by atoms with E-state index in [9.17, 15) is 18.0 Å². The van der Waals surface area contributed by atoms with Gasteiger partial charge in [-0.25, -0.2) is 13.9 Å². The lowest BCUT2D eigenvalue weighted by Crippen LogP contribution is -2.49. The molecular formula is C22H29N3O6S. The highest BCUT2D eigenvalue weighted by Gasteiger charge is 2.30. The number of hydrogen-bond acceptors (Lipinski definition) is 6. The zero-order valence-electron chi connectivity index (χ0n) is 18.5. The number of carbonyl (C=O) groups excluding carboxylic acids is 2. The smallest absolute Gasteiger partial charge is 0.261 e. The highest BCUT2D eigenvalue weighted by Crippen LogP contribution is 2.24. The summed E-state index contributed by atoms with van der Waals surface area (Å²) in [6, 6.07) is 12.5. The van der Waals surface area contributed by atoms with E-state index in [1.54, 1.807) is 20.9 Å². The summed E-state index contributed by atoms with van der Waals surface area (Å²) in [4.78, 5) is 26.1. The third-order valence-corrected chi connectivity index (χ3v) is 6.47. The Labute approximate surface area is 188 Å². The molecule has 0 bridgehead atoms. The van der Waals surface area contributed by atoms with E-state index in [1.807, 2.05) is 30.3 Å². The van der Waals surface area contributed by atoms with Gasteiger partial charge in [0, 0.05) is 13.6 Å². The van der Waals surface area contributed by atoms with Gasteiger partial charge in [0.05, 0.1) is 18.4 Å². The van der Waals surface area contributed by atoms with E-state index in [2.05, 4.69) is 4.72 Å². The fourth-order valence-corrected chi connectivity index (χ4v) is 4.68. The van der Waals surface area contributed by atoms with E-state index in [0.29, 0.717) is 12.3 Å². The summed E-state index contributed by atoms with van der Waals surface area (Å²) in [6.45, 7) is 3.65. The van der Waals surface area contributed by atoms with Crippen LogP contribution in [0.3, 0.4) is 0 Å². The van der Waals surface area contributed by atoms with Crippen molar-refractivity contribution in [1.82, 2.24) is 15.1 Å². The van der Waals surface area contributed by atoms with Gasteiger partial charge in [0.1, 0.15) is 11.8 Å². The first kappa shape index (κ1) is 25.3. The number of carbonyl (C=O) groups is 2. The second-order valence-electron chi connectivity index (χ2n) is 7.70. The fourth-order valence-electron chi connectivity index (χ4n) is 3.12. The molecule has 0 saturated heterocycles. The van der Waals surface area contributed by atoms with Gasteiger partial charge in [-0.3, -0.25) is 14.8 Å². The largest absolute Gasteiger partial charge is 0.497 e. The van der Waals surface area contributed by atoms with Crippen LogP contribution >= 0.6 is 0 Å². The molecule has 0 saturated carbocycles. The lowest BCUT2D eigenvalue weighted by Gasteiger charge is -2.22. The third-order valence-electron chi connectivity index (χ3n) is 4.93. The summed E-state index contributed by atoms with van der Waals surface area (Å²) in [5.74, 6) is -1.20. The predicted octanol–water partition coefficient (Wildman–Crippen LogP) is 1.70. The topological polar surface area (TPSA) is 125 Å². The van der Waals surface area contributed by atoms with Gasteiger partial charge < -0.3 is 9.64 Å². The third kappa shape index (κ3) is 6.52. The van der Waals surface area contributed by atoms with E-state index in [0.717, 1.165) is 5.56 Å². The molecule has 9 nitrogen and oxygen atoms in total. The molecule has 0 heterocycles. The lowest BCUT2D eigenvalue weighted by molar-refractivity contribution is -0.132. The van der Waals surface area contributed by atoms with Gasteiger partial charge in [0.15, 0.2) is 0 Å². The Hall–Kier alpha value is -2.95. The van der Waals surface area contributed by atoms with Crippen molar-refractivity contribution in [1.29, 1.82) is 0 Å². The van der Waals surface area contributed by atoms with Gasteiger partial charge in [-0.15, -0.1) is 0 Å². The van der Waals surface area contributed by atoms with Crippen molar-refractivity contribution in [3.05, 3.63) is 59.7 Å². The molecule has 0 aliphatic carbocycles. The maximum atomic E-state index is 13.1. The molecule has 0 aliphatic heterocycles. The normalized spacial score (nSPS) is 12.3. The molecule has 0 radical (unpaired) electrons. The van der Waals surface area contributed by atoms with E-state index >= 15 is 0 Å². The number of nitrogens with one attached hydrogen (secondary N) is 2. The number of likely N-dealkylation sites (N-methyl/N-ethyl adjacent to an activating group) is 1. The summed E-state index contributed by atoms with van der Waals surface area (Å²) >= 11 is 0. The summed E-state index contributed by atoms with van der Waals surface area (Å²) < 4.78 is 33.7. The zero-order valence-corrected chi connectivity index (χ0v) is 19.3. The number of rotatable bonds is 10. The van der Waals surface area contributed by atoms with Gasteiger partial charge in [-0.2, -0.15) is 4.72 Å². The fraction of sp³-hybridized carbons (Fsp3) is 0.364. The van der Waals surface area contributed by atoms with Crippen molar-refractivity contribution in [2.45, 2.75) is 37.8 Å². The molecule has 174 valence electrons. The van der Waals surface area contributed by atoms with Crippen molar-refractivity contribution in [3.8, 4) is 5.75 Å². The van der Waals surface area contributed by atoms with Crippen LogP contribution in [0.4, 0.5) is 0 Å². The van der Waals surface area contributed by atoms with Gasteiger partial charge in [-0.1, -0.05) is 44.2 Å². The maximum absolute atomic E-state index is 13.1. The van der Waals surface area contributed by atoms with E-state index in [-0.39, 0.29) is 22.8 Å². The molecule has 0 fully saturated rings. The van der Waals surface area contributed by atoms with Gasteiger partial charge in [0.25, 0.3) is 5.91 Å². The Morgan fingerprint density at radius 2 is 1.78 bits per heavy atom. The molecule has 0 aromatic heterocycles. The first-order valence-corrected chi connectivity index (χ1v) is 11.5. The van der Waals surface area contributed by atoms with Crippen LogP contribution in [-0.4, -0.2) is 50.5 Å². The number of hydrogen-bond donors (Lipinski definition) is 3. The molecule has 0 spiro atoms. The second-order valence-corrected chi connectivity index (χ2v) is 9.39. The quantitative estimate of drug-likeness (QED) is 0.364. The van der Waals surface area contributed by atoms with Gasteiger partial charge >= 0.3 is 0 Å². The van der Waals surface area contributed by atoms with Crippen molar-refractivity contribution >= 4 is 21.8 Å². The van der Waals surface area contributed by atoms with Crippen LogP contribution in [0.2, 0.25) is 0 Å². The van der Waals surface area contributed by atoms with Gasteiger partial charge in [0.2, 0.25) is 15.9 Å². The minimum atomic E-state index is -4.19. The summed E-state index contributed by atoms with van der Waals surface area (Å²) in [5, 5.41) is 8.94. The number of sulfonamides is 1. The van der Waals surface area contributed by atoms with Crippen LogP contribution < -0.4 is 14.9 Å². The van der Waals surface area contributed by atoms with Crippen LogP contribution in [0.1, 0.15) is 25.0 Å². The SMILES string of the molecule is COc1ccc(S(=O)(=O)N[C@@H](C(=O)NO)C(C)C)c(CC(=O)N(C)Cc2ccccc2)c1. The van der Waals surface area contributed by atoms with Crippen LogP contribution in [0.25, 0.3) is 0 Å². The Morgan fingerprint density at radius 1 is 1.12 bits per heavy atom. The first-order valence-electron chi connectivity index (χ1n) is 10.00. The maximum Gasteiger partial charge on any atom is 0.261 e. The average Bonchev–Trinajstić information content (AvgIpc) is 2.77. The molecule has 0 unspecified atom stereocenters. The van der Waals surface area contributed by atoms with Crippen molar-refractivity contribution in [3.63, 3.8) is 0 Å². The molecule has 2 aromatic carbocycles. The molecular weight excluding hydrogens is 434 g/mol. The Bertz CT molecular complexity index is 1040. The highest BCUT2D eigenvalue weighted by atomic mass is 32.2. The summed E-state index contributed by atoms with van der Waals surface area (Å²) in [5.41, 5.74) is 2.65. The Balaban J connectivity index is 2.33. The van der Waals surface area contributed by atoms with E-state index < -0.39 is 27.9 Å². The Kier molecular flexibility index (Phi) is 8.76. The van der Waals surface area contributed by atoms with Crippen LogP contribution in [-0.2, 0) is 32.6 Å². The second kappa shape index (κ2) is 11.1. The van der Waals surface area contributed by atoms with Crippen LogP contribution in [0.5, 0.6) is 5.75 Å². The van der Waals surface area contributed by atoms with Crippen molar-refractivity contribution in [2.75, 3.05) is 14.2 Å². The summed E-state index contributed by atoms with van der Waals surface area (Å²) in [7, 11) is -1.11. The highest BCUT2D eigenvalue weighted by molar-refractivity contribution is 7.89. The van der Waals surface area contributed by atoms with Crippen molar-refractivity contribution < 1.29 is 28.0 Å². The number of benzene rings is 2. The minimum Gasteiger partial charge on any atom is -0.497 e. The van der Waals surface area contributed by atoms with E-state index in [4.69, 9.17) is 9.94 Å². The number of hydroxylamine groups is 1. The first-order chi connectivity index (χ1) is 15.1. The number of methoxy groups -OCH3 is 1. The monoisotopic (exact) mass is 463 g/mol. The average molecular weight is 464 g/mol. The van der Waals surface area contributed by atoms with Gasteiger partial charge in [-0.05, 0) is 35.2 Å². The number of nitrogens with zero attached hydrogens (tertiary/aromatic N) is 1. The molecule has 32 heavy (non-hydrogen) atoms. The molecule has 3 N–H and O–H groups in total. The zero-order chi connectivity index (χ0) is 23.9.